The number of carbonyl (C=O) groups excluding carboxylic acids is 1. The van der Waals surface area contributed by atoms with Gasteiger partial charge in [-0.05, 0) is 24.8 Å². The van der Waals surface area contributed by atoms with Crippen LogP contribution in [0.1, 0.15) is 31.2 Å². The third kappa shape index (κ3) is 3.08. The molecule has 3 rings (SSSR count). The number of ether oxygens (including phenoxy) is 1. The molecule has 1 amide bonds. The zero-order chi connectivity index (χ0) is 13.9. The van der Waals surface area contributed by atoms with Crippen molar-refractivity contribution in [2.45, 2.75) is 31.8 Å². The minimum absolute atomic E-state index is 0.0143. The van der Waals surface area contributed by atoms with Crippen LogP contribution in [0.4, 0.5) is 0 Å². The molecule has 1 atom stereocenters. The molecule has 1 saturated carbocycles. The molecule has 20 heavy (non-hydrogen) atoms. The lowest BCUT2D eigenvalue weighted by Crippen LogP contribution is -2.31. The molecule has 2 aliphatic rings. The van der Waals surface area contributed by atoms with Crippen LogP contribution in [0.3, 0.4) is 0 Å². The fraction of sp³-hybridized carbons (Fsp3) is 0.533. The maximum absolute atomic E-state index is 12.0. The van der Waals surface area contributed by atoms with Gasteiger partial charge in [-0.1, -0.05) is 0 Å². The molecule has 0 bridgehead atoms. The van der Waals surface area contributed by atoms with Crippen molar-refractivity contribution < 1.29 is 9.53 Å². The summed E-state index contributed by atoms with van der Waals surface area (Å²) in [5.74, 6) is 1.33. The Morgan fingerprint density at radius 2 is 2.35 bits per heavy atom. The van der Waals surface area contributed by atoms with E-state index in [0.29, 0.717) is 30.3 Å². The zero-order valence-electron chi connectivity index (χ0n) is 11.3. The number of aromatic nitrogens is 1. The average molecular weight is 271 g/mol. The predicted octanol–water partition coefficient (Wildman–Crippen LogP) is 1.73. The average Bonchev–Trinajstić information content (AvgIpc) is 3.15. The number of hydrogen-bond acceptors (Lipinski definition) is 4. The Hall–Kier alpha value is -2.09. The second-order valence-electron chi connectivity index (χ2n) is 5.51. The van der Waals surface area contributed by atoms with Crippen LogP contribution in [0.5, 0.6) is 5.88 Å². The van der Waals surface area contributed by atoms with E-state index < -0.39 is 0 Å². The molecule has 5 heteroatoms. The lowest BCUT2D eigenvalue weighted by molar-refractivity contribution is -0.130. The van der Waals surface area contributed by atoms with Gasteiger partial charge in [0, 0.05) is 31.6 Å². The van der Waals surface area contributed by atoms with Crippen LogP contribution in [0, 0.1) is 17.2 Å². The molecular formula is C15H17N3O2. The summed E-state index contributed by atoms with van der Waals surface area (Å²) < 4.78 is 5.76. The van der Waals surface area contributed by atoms with Gasteiger partial charge in [0.2, 0.25) is 11.8 Å². The molecule has 1 saturated heterocycles. The molecule has 1 aliphatic carbocycles. The normalized spacial score (nSPS) is 21.6. The molecular weight excluding hydrogens is 254 g/mol. The summed E-state index contributed by atoms with van der Waals surface area (Å²) in [6.45, 7) is 1.39. The second kappa shape index (κ2) is 5.49. The number of nitriles is 1. The second-order valence-corrected chi connectivity index (χ2v) is 5.51. The van der Waals surface area contributed by atoms with Crippen molar-refractivity contribution in [1.29, 1.82) is 5.26 Å². The minimum Gasteiger partial charge on any atom is -0.472 e. The third-order valence-electron chi connectivity index (χ3n) is 3.81. The van der Waals surface area contributed by atoms with Gasteiger partial charge in [0.05, 0.1) is 18.2 Å². The van der Waals surface area contributed by atoms with Crippen LogP contribution in [-0.2, 0) is 4.79 Å². The molecule has 1 aromatic rings. The highest BCUT2D eigenvalue weighted by Gasteiger charge is 2.31. The Labute approximate surface area is 118 Å². The largest absolute Gasteiger partial charge is 0.472 e. The van der Waals surface area contributed by atoms with Gasteiger partial charge in [-0.15, -0.1) is 0 Å². The fourth-order valence-electron chi connectivity index (χ4n) is 2.46. The van der Waals surface area contributed by atoms with E-state index in [2.05, 4.69) is 11.1 Å². The van der Waals surface area contributed by atoms with Gasteiger partial charge in [-0.2, -0.15) is 5.26 Å². The molecule has 5 nitrogen and oxygen atoms in total. The van der Waals surface area contributed by atoms with Crippen LogP contribution in [0.15, 0.2) is 18.3 Å². The van der Waals surface area contributed by atoms with Gasteiger partial charge >= 0.3 is 0 Å². The number of nitrogens with zero attached hydrogens (tertiary/aromatic N) is 3. The molecule has 0 aromatic carbocycles. The van der Waals surface area contributed by atoms with Gasteiger partial charge in [0.1, 0.15) is 6.10 Å². The van der Waals surface area contributed by atoms with E-state index >= 15 is 0 Å². The topological polar surface area (TPSA) is 66.2 Å². The summed E-state index contributed by atoms with van der Waals surface area (Å²) >= 11 is 0. The Morgan fingerprint density at radius 3 is 3.10 bits per heavy atom. The van der Waals surface area contributed by atoms with Gasteiger partial charge in [0.15, 0.2) is 0 Å². The van der Waals surface area contributed by atoms with E-state index in [1.807, 2.05) is 4.90 Å². The van der Waals surface area contributed by atoms with E-state index in [-0.39, 0.29) is 12.0 Å². The van der Waals surface area contributed by atoms with E-state index in [9.17, 15) is 4.79 Å². The van der Waals surface area contributed by atoms with E-state index in [1.165, 1.54) is 12.8 Å². The Morgan fingerprint density at radius 1 is 1.50 bits per heavy atom. The molecule has 0 spiro atoms. The molecule has 104 valence electrons. The summed E-state index contributed by atoms with van der Waals surface area (Å²) in [7, 11) is 0. The van der Waals surface area contributed by atoms with Crippen molar-refractivity contribution in [2.24, 2.45) is 5.92 Å². The number of likely N-dealkylation sites (tertiary alicyclic amines) is 1. The van der Waals surface area contributed by atoms with Crippen LogP contribution in [0.25, 0.3) is 0 Å². The number of hydrogen-bond donors (Lipinski definition) is 0. The first-order valence-corrected chi connectivity index (χ1v) is 7.05. The highest BCUT2D eigenvalue weighted by molar-refractivity contribution is 5.77. The minimum atomic E-state index is -0.0143. The van der Waals surface area contributed by atoms with Crippen molar-refractivity contribution in [2.75, 3.05) is 13.1 Å². The van der Waals surface area contributed by atoms with Gasteiger partial charge in [-0.3, -0.25) is 4.79 Å². The number of rotatable bonds is 4. The fourth-order valence-corrected chi connectivity index (χ4v) is 2.46. The first-order chi connectivity index (χ1) is 9.74. The van der Waals surface area contributed by atoms with E-state index in [0.717, 1.165) is 13.0 Å². The van der Waals surface area contributed by atoms with Crippen molar-refractivity contribution in [3.63, 3.8) is 0 Å². The van der Waals surface area contributed by atoms with Crippen molar-refractivity contribution in [3.05, 3.63) is 23.9 Å². The summed E-state index contributed by atoms with van der Waals surface area (Å²) in [6, 6.07) is 5.34. The summed E-state index contributed by atoms with van der Waals surface area (Å²) in [6.07, 6.45) is 5.47. The SMILES string of the molecule is N#Cc1ccnc(OC2CCN(C(=O)CC3CC3)C2)c1. The predicted molar refractivity (Wildman–Crippen MR) is 71.9 cm³/mol. The molecule has 2 heterocycles. The van der Waals surface area contributed by atoms with Gasteiger partial charge < -0.3 is 9.64 Å². The molecule has 2 fully saturated rings. The zero-order valence-corrected chi connectivity index (χ0v) is 11.3. The maximum Gasteiger partial charge on any atom is 0.222 e. The van der Waals surface area contributed by atoms with Crippen LogP contribution < -0.4 is 4.74 Å². The molecule has 0 N–H and O–H groups in total. The van der Waals surface area contributed by atoms with E-state index in [1.54, 1.807) is 18.3 Å². The van der Waals surface area contributed by atoms with Crippen molar-refractivity contribution in [1.82, 2.24) is 9.88 Å². The number of carbonyl (C=O) groups is 1. The summed E-state index contributed by atoms with van der Waals surface area (Å²) in [5.41, 5.74) is 0.537. The summed E-state index contributed by atoms with van der Waals surface area (Å²) in [4.78, 5) is 18.0. The Balaban J connectivity index is 1.54. The first kappa shape index (κ1) is 12.9. The smallest absolute Gasteiger partial charge is 0.222 e. The quantitative estimate of drug-likeness (QED) is 0.836. The highest BCUT2D eigenvalue weighted by atomic mass is 16.5. The van der Waals surface area contributed by atoms with Crippen LogP contribution in [-0.4, -0.2) is 35.0 Å². The lowest BCUT2D eigenvalue weighted by atomic mass is 10.2. The van der Waals surface area contributed by atoms with E-state index in [4.69, 9.17) is 10.00 Å². The lowest BCUT2D eigenvalue weighted by Gasteiger charge is -2.16. The van der Waals surface area contributed by atoms with Gasteiger partial charge in [-0.25, -0.2) is 4.98 Å². The third-order valence-corrected chi connectivity index (χ3v) is 3.81. The Kier molecular flexibility index (Phi) is 3.55. The maximum atomic E-state index is 12.0. The number of amides is 1. The highest BCUT2D eigenvalue weighted by Crippen LogP contribution is 2.33. The van der Waals surface area contributed by atoms with Crippen molar-refractivity contribution in [3.8, 4) is 11.9 Å². The first-order valence-electron chi connectivity index (χ1n) is 7.05. The Bertz CT molecular complexity index is 548. The standard InChI is InChI=1S/C15H17N3O2/c16-9-12-3-5-17-14(7-12)20-13-4-6-18(10-13)15(19)8-11-1-2-11/h3,5,7,11,13H,1-2,4,6,8,10H2. The van der Waals surface area contributed by atoms with Crippen molar-refractivity contribution >= 4 is 5.91 Å². The number of pyridine rings is 1. The van der Waals surface area contributed by atoms with Gasteiger partial charge in [0.25, 0.3) is 0 Å². The summed E-state index contributed by atoms with van der Waals surface area (Å²) in [5, 5.41) is 8.84. The van der Waals surface area contributed by atoms with Crippen LogP contribution >= 0.6 is 0 Å². The molecule has 1 aromatic heterocycles. The molecule has 1 aliphatic heterocycles. The molecule has 0 radical (unpaired) electrons. The van der Waals surface area contributed by atoms with Crippen LogP contribution in [0.2, 0.25) is 0 Å². The monoisotopic (exact) mass is 271 g/mol. The molecule has 1 unspecified atom stereocenters.